The summed E-state index contributed by atoms with van der Waals surface area (Å²) in [5, 5.41) is 6.61. The fraction of sp³-hybridized carbons (Fsp3) is 0.357. The molecule has 0 saturated heterocycles. The van der Waals surface area contributed by atoms with Gasteiger partial charge >= 0.3 is 0 Å². The molecule has 0 fully saturated rings. The Morgan fingerprint density at radius 3 is 2.90 bits per heavy atom. The van der Waals surface area contributed by atoms with E-state index in [1.807, 2.05) is 18.2 Å². The molecule has 0 unspecified atom stereocenters. The normalized spacial score (nSPS) is 14.0. The van der Waals surface area contributed by atoms with Crippen LogP contribution in [0.2, 0.25) is 0 Å². The van der Waals surface area contributed by atoms with Crippen LogP contribution in [0.5, 0.6) is 5.75 Å². The highest BCUT2D eigenvalue weighted by Gasteiger charge is 2.22. The Balaban J connectivity index is 1.78. The largest absolute Gasteiger partial charge is 0.493 e. The zero-order valence-electron chi connectivity index (χ0n) is 11.9. The summed E-state index contributed by atoms with van der Waals surface area (Å²) in [7, 11) is -3.57. The Morgan fingerprint density at radius 2 is 2.19 bits per heavy atom. The lowest BCUT2D eigenvalue weighted by atomic mass is 10.1. The first-order valence-corrected chi connectivity index (χ1v) is 8.21. The smallest absolute Gasteiger partial charge is 0.244 e. The van der Waals surface area contributed by atoms with E-state index in [1.165, 1.54) is 0 Å². The average Bonchev–Trinajstić information content (AvgIpc) is 3.02. The minimum Gasteiger partial charge on any atom is -0.493 e. The summed E-state index contributed by atoms with van der Waals surface area (Å²) in [6, 6.07) is 5.75. The summed E-state index contributed by atoms with van der Waals surface area (Å²) in [5.41, 5.74) is 3.06. The molecule has 1 aromatic carbocycles. The molecule has 1 aliphatic rings. The number of aromatic nitrogens is 2. The van der Waals surface area contributed by atoms with Gasteiger partial charge in [-0.25, -0.2) is 13.1 Å². The van der Waals surface area contributed by atoms with Gasteiger partial charge in [-0.3, -0.25) is 5.10 Å². The van der Waals surface area contributed by atoms with Crippen LogP contribution in [0.4, 0.5) is 0 Å². The zero-order chi connectivity index (χ0) is 15.0. The molecule has 112 valence electrons. The van der Waals surface area contributed by atoms with E-state index in [0.29, 0.717) is 18.0 Å². The highest BCUT2D eigenvalue weighted by molar-refractivity contribution is 7.89. The van der Waals surface area contributed by atoms with Crippen molar-refractivity contribution in [2.75, 3.05) is 6.61 Å². The number of sulfonamides is 1. The van der Waals surface area contributed by atoms with E-state index in [9.17, 15) is 8.42 Å². The van der Waals surface area contributed by atoms with E-state index in [4.69, 9.17) is 4.74 Å². The van der Waals surface area contributed by atoms with Crippen molar-refractivity contribution in [3.05, 3.63) is 40.7 Å². The average molecular weight is 307 g/mol. The molecule has 0 radical (unpaired) electrons. The van der Waals surface area contributed by atoms with Crippen LogP contribution in [0.3, 0.4) is 0 Å². The van der Waals surface area contributed by atoms with Crippen LogP contribution < -0.4 is 9.46 Å². The number of benzene rings is 1. The number of nitrogens with zero attached hydrogens (tertiary/aromatic N) is 1. The van der Waals surface area contributed by atoms with Gasteiger partial charge in [0, 0.05) is 13.0 Å². The molecule has 1 aliphatic heterocycles. The molecule has 0 bridgehead atoms. The molecule has 0 atom stereocenters. The van der Waals surface area contributed by atoms with Gasteiger partial charge in [-0.2, -0.15) is 5.10 Å². The minimum atomic E-state index is -3.57. The maximum Gasteiger partial charge on any atom is 0.244 e. The van der Waals surface area contributed by atoms with Crippen molar-refractivity contribution in [2.24, 2.45) is 0 Å². The third-order valence-electron chi connectivity index (χ3n) is 3.55. The highest BCUT2D eigenvalue weighted by atomic mass is 32.2. The summed E-state index contributed by atoms with van der Waals surface area (Å²) in [4.78, 5) is 0.229. The lowest BCUT2D eigenvalue weighted by Gasteiger charge is -2.08. The number of fused-ring (bicyclic) bond motifs is 1. The zero-order valence-corrected chi connectivity index (χ0v) is 12.8. The first-order valence-electron chi connectivity index (χ1n) is 6.73. The van der Waals surface area contributed by atoms with Gasteiger partial charge in [0.05, 0.1) is 18.0 Å². The van der Waals surface area contributed by atoms with Crippen LogP contribution in [-0.4, -0.2) is 25.2 Å². The maximum atomic E-state index is 12.3. The number of aromatic amines is 1. The molecule has 0 aliphatic carbocycles. The van der Waals surface area contributed by atoms with Crippen molar-refractivity contribution in [1.82, 2.24) is 14.9 Å². The Morgan fingerprint density at radius 1 is 1.38 bits per heavy atom. The Kier molecular flexibility index (Phi) is 3.46. The van der Waals surface area contributed by atoms with Gasteiger partial charge < -0.3 is 4.74 Å². The maximum absolute atomic E-state index is 12.3. The van der Waals surface area contributed by atoms with Crippen LogP contribution >= 0.6 is 0 Å². The van der Waals surface area contributed by atoms with Gasteiger partial charge in [-0.15, -0.1) is 0 Å². The fourth-order valence-corrected chi connectivity index (χ4v) is 3.92. The molecule has 6 nitrogen and oxygen atoms in total. The number of hydrogen-bond acceptors (Lipinski definition) is 4. The molecular weight excluding hydrogens is 290 g/mol. The van der Waals surface area contributed by atoms with Gasteiger partial charge in [0.15, 0.2) is 0 Å². The van der Waals surface area contributed by atoms with Crippen LogP contribution in [0.25, 0.3) is 0 Å². The van der Waals surface area contributed by atoms with Crippen LogP contribution in [-0.2, 0) is 23.0 Å². The third-order valence-corrected chi connectivity index (χ3v) is 5.21. The molecule has 2 N–H and O–H groups in total. The molecule has 1 aromatic heterocycles. The summed E-state index contributed by atoms with van der Waals surface area (Å²) in [6.07, 6.45) is 0.871. The lowest BCUT2D eigenvalue weighted by molar-refractivity contribution is 0.357. The fourth-order valence-electron chi connectivity index (χ4n) is 2.54. The predicted molar refractivity (Wildman–Crippen MR) is 77.7 cm³/mol. The number of hydrogen-bond donors (Lipinski definition) is 2. The van der Waals surface area contributed by atoms with Crippen molar-refractivity contribution in [2.45, 2.75) is 31.7 Å². The first-order chi connectivity index (χ1) is 9.97. The van der Waals surface area contributed by atoms with Crippen molar-refractivity contribution in [3.8, 4) is 5.75 Å². The van der Waals surface area contributed by atoms with E-state index in [1.54, 1.807) is 13.8 Å². The number of nitrogens with one attached hydrogen (secondary N) is 2. The van der Waals surface area contributed by atoms with Crippen molar-refractivity contribution < 1.29 is 13.2 Å². The molecule has 0 amide bonds. The highest BCUT2D eigenvalue weighted by Crippen LogP contribution is 2.26. The summed E-state index contributed by atoms with van der Waals surface area (Å²) < 4.78 is 32.8. The number of H-pyrrole nitrogens is 1. The molecular formula is C14H17N3O3S. The standard InChI is InChI=1S/C14H17N3O3S/c1-9-14(10(2)17-16-9)21(18,19)15-8-11-3-4-13-12(7-11)5-6-20-13/h3-4,7,15H,5-6,8H2,1-2H3,(H,16,17). The Bertz CT molecular complexity index is 761. The second-order valence-corrected chi connectivity index (χ2v) is 6.83. The van der Waals surface area contributed by atoms with Crippen LogP contribution in [0.15, 0.2) is 23.1 Å². The van der Waals surface area contributed by atoms with Crippen LogP contribution in [0.1, 0.15) is 22.5 Å². The van der Waals surface area contributed by atoms with Gasteiger partial charge in [0.2, 0.25) is 10.0 Å². The molecule has 21 heavy (non-hydrogen) atoms. The summed E-state index contributed by atoms with van der Waals surface area (Å²) in [6.45, 7) is 4.31. The number of rotatable bonds is 4. The van der Waals surface area contributed by atoms with E-state index < -0.39 is 10.0 Å². The van der Waals surface area contributed by atoms with Crippen molar-refractivity contribution >= 4 is 10.0 Å². The monoisotopic (exact) mass is 307 g/mol. The lowest BCUT2D eigenvalue weighted by Crippen LogP contribution is -2.24. The van der Waals surface area contributed by atoms with E-state index in [0.717, 1.165) is 23.3 Å². The van der Waals surface area contributed by atoms with Crippen molar-refractivity contribution in [1.29, 1.82) is 0 Å². The second kappa shape index (κ2) is 5.16. The predicted octanol–water partition coefficient (Wildman–Crippen LogP) is 1.44. The van der Waals surface area contributed by atoms with Gasteiger partial charge in [-0.1, -0.05) is 12.1 Å². The molecule has 7 heteroatoms. The van der Waals surface area contributed by atoms with Gasteiger partial charge in [-0.05, 0) is 31.0 Å². The van der Waals surface area contributed by atoms with E-state index in [2.05, 4.69) is 14.9 Å². The van der Waals surface area contributed by atoms with Crippen LogP contribution in [0, 0.1) is 13.8 Å². The van der Waals surface area contributed by atoms with Gasteiger partial charge in [0.1, 0.15) is 10.6 Å². The topological polar surface area (TPSA) is 84.1 Å². The van der Waals surface area contributed by atoms with Gasteiger partial charge in [0.25, 0.3) is 0 Å². The number of aryl methyl sites for hydroxylation is 2. The number of ether oxygens (including phenoxy) is 1. The molecule has 2 heterocycles. The van der Waals surface area contributed by atoms with E-state index in [-0.39, 0.29) is 11.4 Å². The molecule has 3 rings (SSSR count). The first kappa shape index (κ1) is 14.1. The molecule has 0 saturated carbocycles. The Labute approximate surface area is 123 Å². The summed E-state index contributed by atoms with van der Waals surface area (Å²) in [5.74, 6) is 0.892. The van der Waals surface area contributed by atoms with E-state index >= 15 is 0 Å². The quantitative estimate of drug-likeness (QED) is 0.895. The minimum absolute atomic E-state index is 0.229. The second-order valence-electron chi connectivity index (χ2n) is 5.13. The molecule has 0 spiro atoms. The summed E-state index contributed by atoms with van der Waals surface area (Å²) >= 11 is 0. The molecule has 2 aromatic rings. The van der Waals surface area contributed by atoms with Crippen molar-refractivity contribution in [3.63, 3.8) is 0 Å². The SMILES string of the molecule is Cc1n[nH]c(C)c1S(=O)(=O)NCc1ccc2c(c1)CCO2. The Hall–Kier alpha value is -1.86. The third kappa shape index (κ3) is 2.66.